The molecule has 84 valence electrons. The van der Waals surface area contributed by atoms with E-state index in [-0.39, 0.29) is 0 Å². The van der Waals surface area contributed by atoms with E-state index < -0.39 is 5.72 Å². The van der Waals surface area contributed by atoms with Crippen LogP contribution in [0.15, 0.2) is 24.3 Å². The van der Waals surface area contributed by atoms with Gasteiger partial charge in [-0.05, 0) is 26.0 Å². The zero-order chi connectivity index (χ0) is 11.3. The van der Waals surface area contributed by atoms with Crippen LogP contribution < -0.4 is 5.32 Å². The van der Waals surface area contributed by atoms with Gasteiger partial charge in [-0.2, -0.15) is 0 Å². The van der Waals surface area contributed by atoms with Crippen molar-refractivity contribution in [1.82, 2.24) is 5.32 Å². The van der Waals surface area contributed by atoms with Gasteiger partial charge in [-0.3, -0.25) is 5.32 Å². The number of halogens is 1. The van der Waals surface area contributed by atoms with Gasteiger partial charge in [0, 0.05) is 10.6 Å². The molecule has 0 aromatic heterocycles. The van der Waals surface area contributed by atoms with Gasteiger partial charge >= 0.3 is 0 Å². The summed E-state index contributed by atoms with van der Waals surface area (Å²) in [6.45, 7) is 4.63. The molecule has 1 aromatic rings. The molecule has 0 spiro atoms. The van der Waals surface area contributed by atoms with Crippen LogP contribution in [0.2, 0.25) is 5.02 Å². The smallest absolute Gasteiger partial charge is 0.140 e. The van der Waals surface area contributed by atoms with Crippen LogP contribution in [-0.2, 0) is 5.72 Å². The predicted octanol–water partition coefficient (Wildman–Crippen LogP) is 2.89. The minimum absolute atomic E-state index is 0.589. The van der Waals surface area contributed by atoms with Crippen molar-refractivity contribution in [3.05, 3.63) is 34.9 Å². The van der Waals surface area contributed by atoms with E-state index in [1.807, 2.05) is 18.2 Å². The fourth-order valence-corrected chi connectivity index (χ4v) is 1.78. The zero-order valence-electron chi connectivity index (χ0n) is 9.26. The first kappa shape index (κ1) is 12.5. The molecule has 2 nitrogen and oxygen atoms in total. The number of hydrogen-bond donors (Lipinski definition) is 2. The Bertz CT molecular complexity index is 312. The van der Waals surface area contributed by atoms with Crippen LogP contribution in [0.1, 0.15) is 32.3 Å². The van der Waals surface area contributed by atoms with Gasteiger partial charge in [-0.15, -0.1) is 0 Å². The lowest BCUT2D eigenvalue weighted by molar-refractivity contribution is 0.0201. The van der Waals surface area contributed by atoms with E-state index >= 15 is 0 Å². The van der Waals surface area contributed by atoms with E-state index in [9.17, 15) is 5.11 Å². The second kappa shape index (κ2) is 5.50. The fourth-order valence-electron chi connectivity index (χ4n) is 1.46. The third kappa shape index (κ3) is 3.49. The third-order valence-corrected chi connectivity index (χ3v) is 2.73. The molecule has 1 atom stereocenters. The lowest BCUT2D eigenvalue weighted by atomic mass is 10.0. The average molecular weight is 228 g/mol. The largest absolute Gasteiger partial charge is 0.372 e. The molecule has 0 aliphatic carbocycles. The minimum atomic E-state index is -1.05. The van der Waals surface area contributed by atoms with Gasteiger partial charge in [0.1, 0.15) is 5.72 Å². The van der Waals surface area contributed by atoms with Crippen LogP contribution in [-0.4, -0.2) is 11.7 Å². The van der Waals surface area contributed by atoms with Crippen molar-refractivity contribution in [2.24, 2.45) is 0 Å². The van der Waals surface area contributed by atoms with Crippen LogP contribution in [0, 0.1) is 0 Å². The van der Waals surface area contributed by atoms with Crippen LogP contribution in [0.4, 0.5) is 0 Å². The number of rotatable bonds is 5. The van der Waals surface area contributed by atoms with Crippen molar-refractivity contribution in [2.75, 3.05) is 6.54 Å². The highest BCUT2D eigenvalue weighted by Gasteiger charge is 2.23. The summed E-state index contributed by atoms with van der Waals surface area (Å²) in [6.07, 6.45) is 2.15. The molecule has 3 heteroatoms. The quantitative estimate of drug-likeness (QED) is 0.599. The maximum Gasteiger partial charge on any atom is 0.140 e. The Morgan fingerprint density at radius 2 is 2.07 bits per heavy atom. The van der Waals surface area contributed by atoms with Crippen LogP contribution >= 0.6 is 11.6 Å². The topological polar surface area (TPSA) is 32.3 Å². The fraction of sp³-hybridized carbons (Fsp3) is 0.500. The summed E-state index contributed by atoms with van der Waals surface area (Å²) < 4.78 is 0. The Kier molecular flexibility index (Phi) is 4.58. The summed E-state index contributed by atoms with van der Waals surface area (Å²) in [5.41, 5.74) is -0.323. The summed E-state index contributed by atoms with van der Waals surface area (Å²) in [6, 6.07) is 7.35. The van der Waals surface area contributed by atoms with E-state index in [1.165, 1.54) is 0 Å². The molecule has 0 saturated carbocycles. The van der Waals surface area contributed by atoms with Gasteiger partial charge in [-0.25, -0.2) is 0 Å². The highest BCUT2D eigenvalue weighted by atomic mass is 35.5. The third-order valence-electron chi connectivity index (χ3n) is 2.40. The Labute approximate surface area is 96.3 Å². The standard InChI is InChI=1S/C12H18ClNO/c1-3-4-9-14-12(2,15)10-7-5-6-8-11(10)13/h5-8,14-15H,3-4,9H2,1-2H3. The lowest BCUT2D eigenvalue weighted by Gasteiger charge is -2.26. The summed E-state index contributed by atoms with van der Waals surface area (Å²) in [5.74, 6) is 0. The SMILES string of the molecule is CCCCNC(C)(O)c1ccccc1Cl. The molecular weight excluding hydrogens is 210 g/mol. The molecule has 0 fully saturated rings. The molecule has 0 amide bonds. The summed E-state index contributed by atoms with van der Waals surface area (Å²) in [4.78, 5) is 0. The summed E-state index contributed by atoms with van der Waals surface area (Å²) in [7, 11) is 0. The van der Waals surface area contributed by atoms with E-state index in [0.717, 1.165) is 24.9 Å². The van der Waals surface area contributed by atoms with Gasteiger partial charge in [-0.1, -0.05) is 43.1 Å². The van der Waals surface area contributed by atoms with Crippen LogP contribution in [0.3, 0.4) is 0 Å². The normalized spacial score (nSPS) is 14.9. The van der Waals surface area contributed by atoms with E-state index in [4.69, 9.17) is 11.6 Å². The van der Waals surface area contributed by atoms with Crippen molar-refractivity contribution in [1.29, 1.82) is 0 Å². The molecule has 1 unspecified atom stereocenters. The van der Waals surface area contributed by atoms with E-state index in [2.05, 4.69) is 12.2 Å². The summed E-state index contributed by atoms with van der Waals surface area (Å²) >= 11 is 6.02. The van der Waals surface area contributed by atoms with Gasteiger partial charge in [0.05, 0.1) is 0 Å². The first-order valence-corrected chi connectivity index (χ1v) is 5.68. The molecule has 15 heavy (non-hydrogen) atoms. The Morgan fingerprint density at radius 1 is 1.40 bits per heavy atom. The molecular formula is C12H18ClNO. The lowest BCUT2D eigenvalue weighted by Crippen LogP contribution is -2.40. The summed E-state index contributed by atoms with van der Waals surface area (Å²) in [5, 5.41) is 13.9. The molecule has 1 rings (SSSR count). The van der Waals surface area contributed by atoms with Gasteiger partial charge < -0.3 is 5.11 Å². The zero-order valence-corrected chi connectivity index (χ0v) is 10.0. The number of aliphatic hydroxyl groups is 1. The van der Waals surface area contributed by atoms with Crippen molar-refractivity contribution >= 4 is 11.6 Å². The maximum atomic E-state index is 10.2. The van der Waals surface area contributed by atoms with Crippen LogP contribution in [0.25, 0.3) is 0 Å². The molecule has 0 aliphatic rings. The molecule has 0 saturated heterocycles. The Hall–Kier alpha value is -0.570. The molecule has 2 N–H and O–H groups in total. The number of nitrogens with one attached hydrogen (secondary N) is 1. The highest BCUT2D eigenvalue weighted by Crippen LogP contribution is 2.25. The number of benzene rings is 1. The highest BCUT2D eigenvalue weighted by molar-refractivity contribution is 6.31. The molecule has 0 heterocycles. The molecule has 1 aromatic carbocycles. The monoisotopic (exact) mass is 227 g/mol. The van der Waals surface area contributed by atoms with Gasteiger partial charge in [0.25, 0.3) is 0 Å². The molecule has 0 bridgehead atoms. The Balaban J connectivity index is 2.72. The van der Waals surface area contributed by atoms with Crippen molar-refractivity contribution < 1.29 is 5.11 Å². The molecule has 0 radical (unpaired) electrons. The number of unbranched alkanes of at least 4 members (excludes halogenated alkanes) is 1. The number of hydrogen-bond acceptors (Lipinski definition) is 2. The minimum Gasteiger partial charge on any atom is -0.372 e. The first-order chi connectivity index (χ1) is 7.08. The van der Waals surface area contributed by atoms with Gasteiger partial charge in [0.2, 0.25) is 0 Å². The average Bonchev–Trinajstić information content (AvgIpc) is 2.18. The van der Waals surface area contributed by atoms with Crippen LogP contribution in [0.5, 0.6) is 0 Å². The first-order valence-electron chi connectivity index (χ1n) is 5.30. The maximum absolute atomic E-state index is 10.2. The molecule has 0 aliphatic heterocycles. The van der Waals surface area contributed by atoms with Crippen molar-refractivity contribution in [2.45, 2.75) is 32.4 Å². The second-order valence-electron chi connectivity index (χ2n) is 3.83. The van der Waals surface area contributed by atoms with Gasteiger partial charge in [0.15, 0.2) is 0 Å². The van der Waals surface area contributed by atoms with E-state index in [1.54, 1.807) is 13.0 Å². The van der Waals surface area contributed by atoms with Crippen molar-refractivity contribution in [3.63, 3.8) is 0 Å². The Morgan fingerprint density at radius 3 is 2.67 bits per heavy atom. The van der Waals surface area contributed by atoms with Crippen molar-refractivity contribution in [3.8, 4) is 0 Å². The second-order valence-corrected chi connectivity index (χ2v) is 4.24. The predicted molar refractivity (Wildman–Crippen MR) is 63.9 cm³/mol. The van der Waals surface area contributed by atoms with E-state index in [0.29, 0.717) is 5.02 Å².